The maximum atomic E-state index is 13.6. The van der Waals surface area contributed by atoms with Crippen LogP contribution in [-0.4, -0.2) is 41.2 Å². The Balaban J connectivity index is 1.95. The van der Waals surface area contributed by atoms with E-state index in [1.165, 1.54) is 6.20 Å². The Labute approximate surface area is 121 Å². The zero-order valence-corrected chi connectivity index (χ0v) is 11.7. The van der Waals surface area contributed by atoms with Crippen LogP contribution in [0.5, 0.6) is 0 Å². The second-order valence-electron chi connectivity index (χ2n) is 5.26. The number of ether oxygens (including phenoxy) is 1. The molecule has 1 aliphatic carbocycles. The molecule has 2 aliphatic rings. The topological polar surface area (TPSA) is 38.2 Å². The van der Waals surface area contributed by atoms with Gasteiger partial charge in [0.25, 0.3) is 0 Å². The highest BCUT2D eigenvalue weighted by atomic mass is 35.5. The zero-order valence-electron chi connectivity index (χ0n) is 10.9. The van der Waals surface area contributed by atoms with Crippen molar-refractivity contribution in [2.45, 2.75) is 24.3 Å². The van der Waals surface area contributed by atoms with Gasteiger partial charge in [-0.05, 0) is 30.4 Å². The maximum absolute atomic E-state index is 13.6. The molecule has 1 aromatic heterocycles. The summed E-state index contributed by atoms with van der Waals surface area (Å²) in [6, 6.07) is -0.0836. The van der Waals surface area contributed by atoms with Gasteiger partial charge in [-0.15, -0.1) is 0 Å². The number of nitrogens with zero attached hydrogens (tertiary/aromatic N) is 3. The quantitative estimate of drug-likeness (QED) is 0.801. The van der Waals surface area contributed by atoms with E-state index in [1.54, 1.807) is 0 Å². The van der Waals surface area contributed by atoms with Crippen molar-refractivity contribution in [2.75, 3.05) is 26.3 Å². The van der Waals surface area contributed by atoms with E-state index in [9.17, 15) is 8.78 Å². The van der Waals surface area contributed by atoms with E-state index in [4.69, 9.17) is 16.3 Å². The standard InChI is InChI=1S/C13H16ClF2N3O/c14-13(15,16)12-10(7-17-8-18-12)11(9-1-2-9)19-3-5-20-6-4-19/h7-9,11H,1-6H2. The van der Waals surface area contributed by atoms with E-state index in [0.717, 1.165) is 32.3 Å². The van der Waals surface area contributed by atoms with Crippen molar-refractivity contribution in [1.82, 2.24) is 14.9 Å². The molecule has 1 aliphatic heterocycles. The van der Waals surface area contributed by atoms with Crippen LogP contribution in [0.1, 0.15) is 30.1 Å². The van der Waals surface area contributed by atoms with Gasteiger partial charge >= 0.3 is 5.38 Å². The Kier molecular flexibility index (Phi) is 3.88. The summed E-state index contributed by atoms with van der Waals surface area (Å²) in [7, 11) is 0. The van der Waals surface area contributed by atoms with Crippen molar-refractivity contribution in [3.8, 4) is 0 Å². The number of aromatic nitrogens is 2. The Morgan fingerprint density at radius 1 is 1.35 bits per heavy atom. The average molecular weight is 304 g/mol. The summed E-state index contributed by atoms with van der Waals surface area (Å²) in [5, 5.41) is -3.46. The average Bonchev–Trinajstić information content (AvgIpc) is 3.24. The Morgan fingerprint density at radius 2 is 2.05 bits per heavy atom. The SMILES string of the molecule is FC(F)(Cl)c1ncncc1C(C1CC1)N1CCOCC1. The van der Waals surface area contributed by atoms with Gasteiger partial charge < -0.3 is 4.74 Å². The van der Waals surface area contributed by atoms with Crippen LogP contribution in [0.2, 0.25) is 0 Å². The number of rotatable bonds is 4. The van der Waals surface area contributed by atoms with E-state index < -0.39 is 5.38 Å². The first-order valence-electron chi connectivity index (χ1n) is 6.76. The number of halogens is 3. The lowest BCUT2D eigenvalue weighted by molar-refractivity contribution is 0.00898. The molecule has 4 nitrogen and oxygen atoms in total. The predicted octanol–water partition coefficient (Wildman–Crippen LogP) is 2.55. The molecule has 110 valence electrons. The van der Waals surface area contributed by atoms with E-state index in [2.05, 4.69) is 14.9 Å². The van der Waals surface area contributed by atoms with Gasteiger partial charge in [-0.2, -0.15) is 8.78 Å². The Morgan fingerprint density at radius 3 is 2.65 bits per heavy atom. The molecule has 0 radical (unpaired) electrons. The minimum absolute atomic E-state index is 0.0836. The Hall–Kier alpha value is -0.850. The van der Waals surface area contributed by atoms with Crippen molar-refractivity contribution < 1.29 is 13.5 Å². The molecule has 1 aromatic rings. The monoisotopic (exact) mass is 303 g/mol. The molecule has 1 unspecified atom stereocenters. The van der Waals surface area contributed by atoms with Gasteiger partial charge in [-0.3, -0.25) is 4.90 Å². The summed E-state index contributed by atoms with van der Waals surface area (Å²) in [5.41, 5.74) is 0.0921. The summed E-state index contributed by atoms with van der Waals surface area (Å²) in [6.45, 7) is 2.74. The molecule has 1 atom stereocenters. The third-order valence-electron chi connectivity index (χ3n) is 3.84. The smallest absolute Gasteiger partial charge is 0.365 e. The molecule has 3 rings (SSSR count). The van der Waals surface area contributed by atoms with Crippen molar-refractivity contribution in [2.24, 2.45) is 5.92 Å². The molecule has 0 amide bonds. The van der Waals surface area contributed by atoms with Crippen LogP contribution in [0, 0.1) is 5.92 Å². The van der Waals surface area contributed by atoms with Gasteiger partial charge in [0.1, 0.15) is 12.0 Å². The first kappa shape index (κ1) is 14.1. The van der Waals surface area contributed by atoms with Gasteiger partial charge in [-0.25, -0.2) is 9.97 Å². The van der Waals surface area contributed by atoms with Gasteiger partial charge in [-0.1, -0.05) is 0 Å². The highest BCUT2D eigenvalue weighted by Gasteiger charge is 2.42. The summed E-state index contributed by atoms with van der Waals surface area (Å²) < 4.78 is 32.5. The number of morpholine rings is 1. The molecule has 1 saturated carbocycles. The van der Waals surface area contributed by atoms with Crippen LogP contribution in [-0.2, 0) is 10.1 Å². The van der Waals surface area contributed by atoms with E-state index in [-0.39, 0.29) is 11.7 Å². The molecule has 0 N–H and O–H groups in total. The summed E-state index contributed by atoms with van der Waals surface area (Å²) in [6.07, 6.45) is 4.70. The molecular formula is C13H16ClF2N3O. The van der Waals surface area contributed by atoms with Crippen LogP contribution in [0.3, 0.4) is 0 Å². The molecular weight excluding hydrogens is 288 g/mol. The Bertz CT molecular complexity index is 473. The van der Waals surface area contributed by atoms with Crippen molar-refractivity contribution in [3.63, 3.8) is 0 Å². The van der Waals surface area contributed by atoms with Crippen LogP contribution < -0.4 is 0 Å². The van der Waals surface area contributed by atoms with E-state index in [0.29, 0.717) is 24.7 Å². The molecule has 0 spiro atoms. The minimum atomic E-state index is -3.46. The lowest BCUT2D eigenvalue weighted by atomic mass is 10.00. The fourth-order valence-electron chi connectivity index (χ4n) is 2.81. The van der Waals surface area contributed by atoms with Crippen LogP contribution >= 0.6 is 11.6 Å². The fourth-order valence-corrected chi connectivity index (χ4v) is 2.97. The molecule has 1 saturated heterocycles. The molecule has 7 heteroatoms. The molecule has 2 heterocycles. The number of alkyl halides is 3. The zero-order chi connectivity index (χ0) is 14.2. The highest BCUT2D eigenvalue weighted by Crippen LogP contribution is 2.47. The summed E-state index contributed by atoms with van der Waals surface area (Å²) in [5.74, 6) is 0.386. The third-order valence-corrected chi connectivity index (χ3v) is 4.01. The second-order valence-corrected chi connectivity index (χ2v) is 5.73. The van der Waals surface area contributed by atoms with Crippen molar-refractivity contribution in [3.05, 3.63) is 23.8 Å². The van der Waals surface area contributed by atoms with Crippen LogP contribution in [0.25, 0.3) is 0 Å². The molecule has 0 bridgehead atoms. The van der Waals surface area contributed by atoms with Gasteiger partial charge in [0.15, 0.2) is 0 Å². The van der Waals surface area contributed by atoms with E-state index in [1.807, 2.05) is 0 Å². The van der Waals surface area contributed by atoms with Gasteiger partial charge in [0.05, 0.1) is 13.2 Å². The van der Waals surface area contributed by atoms with Crippen LogP contribution in [0.4, 0.5) is 8.78 Å². The lowest BCUT2D eigenvalue weighted by Crippen LogP contribution is -2.40. The van der Waals surface area contributed by atoms with E-state index >= 15 is 0 Å². The van der Waals surface area contributed by atoms with Crippen molar-refractivity contribution in [1.29, 1.82) is 0 Å². The fraction of sp³-hybridized carbons (Fsp3) is 0.692. The van der Waals surface area contributed by atoms with Crippen molar-refractivity contribution >= 4 is 11.6 Å². The predicted molar refractivity (Wildman–Crippen MR) is 69.6 cm³/mol. The summed E-state index contributed by atoms with van der Waals surface area (Å²) >= 11 is 5.20. The summed E-state index contributed by atoms with van der Waals surface area (Å²) in [4.78, 5) is 9.84. The minimum Gasteiger partial charge on any atom is -0.379 e. The molecule has 0 aromatic carbocycles. The van der Waals surface area contributed by atoms with Gasteiger partial charge in [0, 0.05) is 30.9 Å². The highest BCUT2D eigenvalue weighted by molar-refractivity contribution is 6.21. The third kappa shape index (κ3) is 2.92. The second kappa shape index (κ2) is 5.50. The number of hydrogen-bond acceptors (Lipinski definition) is 4. The maximum Gasteiger partial charge on any atom is 0.365 e. The number of hydrogen-bond donors (Lipinski definition) is 0. The normalized spacial score (nSPS) is 22.8. The van der Waals surface area contributed by atoms with Gasteiger partial charge in [0.2, 0.25) is 0 Å². The molecule has 2 fully saturated rings. The first-order chi connectivity index (χ1) is 9.57. The lowest BCUT2D eigenvalue weighted by Gasteiger charge is -2.35. The molecule has 20 heavy (non-hydrogen) atoms. The van der Waals surface area contributed by atoms with Crippen LogP contribution in [0.15, 0.2) is 12.5 Å². The first-order valence-corrected chi connectivity index (χ1v) is 7.14. The largest absolute Gasteiger partial charge is 0.379 e.